The Morgan fingerprint density at radius 1 is 1.38 bits per heavy atom. The molecule has 3 atom stereocenters. The molecule has 130 valence electrons. The minimum Gasteiger partial charge on any atom is -0.465 e. The average molecular weight is 525 g/mol. The van der Waals surface area contributed by atoms with Gasteiger partial charge in [0.15, 0.2) is 5.78 Å². The number of carbonyl (C=O) groups is 2. The Labute approximate surface area is 166 Å². The van der Waals surface area contributed by atoms with E-state index < -0.39 is 23.4 Å². The number of esters is 1. The molecule has 1 N–H and O–H groups in total. The Hall–Kier alpha value is -0.500. The monoisotopic (exact) mass is 522 g/mol. The maximum Gasteiger partial charge on any atom is 0.317 e. The van der Waals surface area contributed by atoms with Gasteiger partial charge in [0, 0.05) is 16.8 Å². The number of benzene rings is 1. The van der Waals surface area contributed by atoms with Crippen molar-refractivity contribution >= 4 is 59.5 Å². The second-order valence-corrected chi connectivity index (χ2v) is 9.42. The van der Waals surface area contributed by atoms with E-state index in [0.29, 0.717) is 8.96 Å². The highest BCUT2D eigenvalue weighted by Crippen LogP contribution is 2.43. The lowest BCUT2D eigenvalue weighted by Gasteiger charge is -2.39. The fourth-order valence-corrected chi connectivity index (χ4v) is 4.00. The average Bonchev–Trinajstić information content (AvgIpc) is 2.46. The molecule has 3 unspecified atom stereocenters. The normalized spacial score (nSPS) is 26.8. The molecule has 1 aliphatic rings. The van der Waals surface area contributed by atoms with Crippen LogP contribution in [0.15, 0.2) is 38.2 Å². The van der Waals surface area contributed by atoms with Crippen LogP contribution in [0.3, 0.4) is 0 Å². The van der Waals surface area contributed by atoms with Crippen molar-refractivity contribution in [3.63, 3.8) is 0 Å². The van der Waals surface area contributed by atoms with Gasteiger partial charge in [0.25, 0.3) is 0 Å². The van der Waals surface area contributed by atoms with Crippen LogP contribution in [0.2, 0.25) is 0 Å². The lowest BCUT2D eigenvalue weighted by atomic mass is 9.68. The first-order chi connectivity index (χ1) is 11.3. The van der Waals surface area contributed by atoms with Crippen molar-refractivity contribution in [2.45, 2.75) is 25.4 Å². The van der Waals surface area contributed by atoms with E-state index in [4.69, 9.17) is 4.74 Å². The first kappa shape index (κ1) is 19.8. The van der Waals surface area contributed by atoms with Gasteiger partial charge in [-0.1, -0.05) is 34.1 Å². The van der Waals surface area contributed by atoms with Gasteiger partial charge in [-0.05, 0) is 62.9 Å². The Bertz CT molecular complexity index is 652. The van der Waals surface area contributed by atoms with E-state index in [2.05, 4.69) is 47.8 Å². The van der Waals surface area contributed by atoms with Crippen LogP contribution >= 0.6 is 47.8 Å². The van der Waals surface area contributed by atoms with Crippen LogP contribution in [-0.4, -0.2) is 23.5 Å². The quantitative estimate of drug-likeness (QED) is 0.467. The molecular formula is C17H17Br3O4. The van der Waals surface area contributed by atoms with Crippen LogP contribution in [0.25, 0.3) is 0 Å². The van der Waals surface area contributed by atoms with Gasteiger partial charge in [0.2, 0.25) is 0 Å². The number of aliphatic hydroxyl groups is 1. The fraction of sp³-hybridized carbons (Fsp3) is 0.412. The molecule has 0 amide bonds. The summed E-state index contributed by atoms with van der Waals surface area (Å²) in [5, 5.41) is 11.1. The summed E-state index contributed by atoms with van der Waals surface area (Å²) < 4.78 is 6.56. The van der Waals surface area contributed by atoms with Crippen LogP contribution in [0, 0.1) is 11.8 Å². The van der Waals surface area contributed by atoms with Crippen molar-refractivity contribution in [2.24, 2.45) is 11.8 Å². The highest BCUT2D eigenvalue weighted by Gasteiger charge is 2.48. The van der Waals surface area contributed by atoms with E-state index in [1.807, 2.05) is 12.1 Å². The van der Waals surface area contributed by atoms with Crippen LogP contribution in [0.5, 0.6) is 0 Å². The number of halogens is 3. The van der Waals surface area contributed by atoms with Gasteiger partial charge in [0.05, 0.1) is 15.6 Å². The number of hydrogen-bond acceptors (Lipinski definition) is 4. The minimum atomic E-state index is -1.31. The van der Waals surface area contributed by atoms with E-state index in [1.54, 1.807) is 25.1 Å². The summed E-state index contributed by atoms with van der Waals surface area (Å²) in [7, 11) is 0. The van der Waals surface area contributed by atoms with Crippen LogP contribution < -0.4 is 0 Å². The van der Waals surface area contributed by atoms with E-state index in [-0.39, 0.29) is 25.2 Å². The molecule has 24 heavy (non-hydrogen) atoms. The van der Waals surface area contributed by atoms with Gasteiger partial charge >= 0.3 is 5.97 Å². The third-order valence-corrected chi connectivity index (χ3v) is 5.13. The number of allylic oxidation sites excluding steroid dienone is 1. The molecule has 0 saturated heterocycles. The van der Waals surface area contributed by atoms with E-state index in [9.17, 15) is 14.7 Å². The molecule has 2 rings (SSSR count). The van der Waals surface area contributed by atoms with E-state index in [0.717, 1.165) is 4.47 Å². The molecule has 1 aromatic carbocycles. The maximum absolute atomic E-state index is 12.6. The Balaban J connectivity index is 2.37. The number of ketones is 1. The predicted octanol–water partition coefficient (Wildman–Crippen LogP) is 4.43. The molecule has 1 fully saturated rings. The van der Waals surface area contributed by atoms with Crippen molar-refractivity contribution in [1.29, 1.82) is 0 Å². The molecule has 0 bridgehead atoms. The SMILES string of the molecule is CCOC(=O)C1C(=O)CC(O)(c2ccc(Br)cc2)CC1C=C(Br)Br. The third-order valence-electron chi connectivity index (χ3n) is 4.08. The highest BCUT2D eigenvalue weighted by molar-refractivity contribution is 9.28. The van der Waals surface area contributed by atoms with Crippen LogP contribution in [0.1, 0.15) is 25.3 Å². The summed E-state index contributed by atoms with van der Waals surface area (Å²) in [6, 6.07) is 7.21. The standard InChI is InChI=1S/C17H17Br3O4/c1-2-24-16(22)15-10(7-14(19)20)8-17(23,9-13(15)21)11-3-5-12(18)6-4-11/h3-7,10,15,23H,2,8-9H2,1H3. The van der Waals surface area contributed by atoms with E-state index in [1.165, 1.54) is 0 Å². The van der Waals surface area contributed by atoms with Gasteiger partial charge < -0.3 is 9.84 Å². The zero-order chi connectivity index (χ0) is 17.9. The van der Waals surface area contributed by atoms with Crippen LogP contribution in [0.4, 0.5) is 0 Å². The molecule has 0 spiro atoms. The number of Topliss-reactive ketones (excluding diaryl/α,β-unsaturated/α-hetero) is 1. The summed E-state index contributed by atoms with van der Waals surface area (Å²) in [5.74, 6) is -2.21. The smallest absolute Gasteiger partial charge is 0.317 e. The Morgan fingerprint density at radius 2 is 2.00 bits per heavy atom. The Kier molecular flexibility index (Phi) is 6.82. The fourth-order valence-electron chi connectivity index (χ4n) is 3.05. The van der Waals surface area contributed by atoms with Gasteiger partial charge in [0.1, 0.15) is 5.92 Å². The molecule has 1 aliphatic carbocycles. The van der Waals surface area contributed by atoms with Gasteiger partial charge in [-0.25, -0.2) is 0 Å². The molecule has 0 heterocycles. The number of carbonyl (C=O) groups excluding carboxylic acids is 2. The number of ether oxygens (including phenoxy) is 1. The second-order valence-electron chi connectivity index (χ2n) is 5.74. The van der Waals surface area contributed by atoms with Crippen molar-refractivity contribution < 1.29 is 19.4 Å². The third kappa shape index (κ3) is 4.56. The highest BCUT2D eigenvalue weighted by atomic mass is 79.9. The summed E-state index contributed by atoms with van der Waals surface area (Å²) >= 11 is 9.91. The molecule has 1 saturated carbocycles. The molecule has 0 aliphatic heterocycles. The number of rotatable bonds is 4. The summed E-state index contributed by atoms with van der Waals surface area (Å²) in [6.45, 7) is 1.92. The van der Waals surface area contributed by atoms with E-state index >= 15 is 0 Å². The summed E-state index contributed by atoms with van der Waals surface area (Å²) in [6.07, 6.45) is 1.87. The second kappa shape index (κ2) is 8.25. The van der Waals surface area contributed by atoms with Crippen molar-refractivity contribution in [2.75, 3.05) is 6.61 Å². The molecule has 4 nitrogen and oxygen atoms in total. The summed E-state index contributed by atoms with van der Waals surface area (Å²) in [4.78, 5) is 24.8. The molecule has 1 aromatic rings. The lowest BCUT2D eigenvalue weighted by Crippen LogP contribution is -2.45. The topological polar surface area (TPSA) is 63.6 Å². The minimum absolute atomic E-state index is 0.109. The first-order valence-electron chi connectivity index (χ1n) is 7.47. The number of hydrogen-bond donors (Lipinski definition) is 1. The molecule has 7 heteroatoms. The van der Waals surface area contributed by atoms with Crippen molar-refractivity contribution in [3.8, 4) is 0 Å². The molecular weight excluding hydrogens is 508 g/mol. The van der Waals surface area contributed by atoms with Crippen LogP contribution in [-0.2, 0) is 19.9 Å². The zero-order valence-corrected chi connectivity index (χ0v) is 17.7. The molecule has 0 radical (unpaired) electrons. The van der Waals surface area contributed by atoms with Gasteiger partial charge in [-0.3, -0.25) is 9.59 Å². The zero-order valence-electron chi connectivity index (χ0n) is 13.0. The lowest BCUT2D eigenvalue weighted by molar-refractivity contribution is -0.159. The van der Waals surface area contributed by atoms with Crippen molar-refractivity contribution in [3.05, 3.63) is 43.8 Å². The maximum atomic E-state index is 12.6. The largest absolute Gasteiger partial charge is 0.465 e. The summed E-state index contributed by atoms with van der Waals surface area (Å²) in [5.41, 5.74) is -0.650. The van der Waals surface area contributed by atoms with Gasteiger partial charge in [-0.15, -0.1) is 0 Å². The van der Waals surface area contributed by atoms with Crippen molar-refractivity contribution in [1.82, 2.24) is 0 Å². The predicted molar refractivity (Wildman–Crippen MR) is 102 cm³/mol. The molecule has 0 aromatic heterocycles. The first-order valence-corrected chi connectivity index (χ1v) is 9.85. The Morgan fingerprint density at radius 3 is 2.54 bits per heavy atom. The van der Waals surface area contributed by atoms with Gasteiger partial charge in [-0.2, -0.15) is 0 Å².